The molecule has 13 heavy (non-hydrogen) atoms. The fourth-order valence-corrected chi connectivity index (χ4v) is 1.73. The molecule has 0 unspecified atom stereocenters. The lowest BCUT2D eigenvalue weighted by atomic mass is 9.81. The molecule has 1 rings (SSSR count). The molecule has 0 aromatic rings. The molecule has 0 saturated carbocycles. The Kier molecular flexibility index (Phi) is 4.32. The first-order valence-electron chi connectivity index (χ1n) is 4.85. The van der Waals surface area contributed by atoms with Crippen LogP contribution in [0.25, 0.3) is 0 Å². The second kappa shape index (κ2) is 5.30. The van der Waals surface area contributed by atoms with Crippen LogP contribution in [0.5, 0.6) is 0 Å². The fraction of sp³-hybridized carbons (Fsp3) is 0.778. The molecular weight excluding hydrogens is 165 g/mol. The Balaban J connectivity index is 2.37. The van der Waals surface area contributed by atoms with Crippen LogP contribution in [0.3, 0.4) is 0 Å². The van der Waals surface area contributed by atoms with Crippen LogP contribution in [0.4, 0.5) is 0 Å². The molecule has 1 N–H and O–H groups in total. The van der Waals surface area contributed by atoms with E-state index in [1.807, 2.05) is 6.82 Å². The van der Waals surface area contributed by atoms with Gasteiger partial charge in [-0.3, -0.25) is 0 Å². The van der Waals surface area contributed by atoms with E-state index in [0.29, 0.717) is 5.92 Å². The van der Waals surface area contributed by atoms with E-state index in [1.54, 1.807) is 13.4 Å². The molecule has 0 spiro atoms. The van der Waals surface area contributed by atoms with Crippen molar-refractivity contribution in [3.8, 4) is 0 Å². The second-order valence-electron chi connectivity index (χ2n) is 3.59. The lowest BCUT2D eigenvalue weighted by molar-refractivity contribution is 0.265. The first kappa shape index (κ1) is 10.6. The van der Waals surface area contributed by atoms with Crippen molar-refractivity contribution in [2.45, 2.75) is 19.7 Å². The molecular formula is C9H18BNO2. The summed E-state index contributed by atoms with van der Waals surface area (Å²) < 4.78 is 4.88. The van der Waals surface area contributed by atoms with Gasteiger partial charge in [0.1, 0.15) is 0 Å². The average Bonchev–Trinajstić information content (AvgIpc) is 2.15. The SMILES string of the molecule is COC=C[C@@H]1CCCN(B(C)O)C1. The van der Waals surface area contributed by atoms with Crippen molar-refractivity contribution in [1.82, 2.24) is 4.81 Å². The molecule has 0 aromatic carbocycles. The second-order valence-corrected chi connectivity index (χ2v) is 3.59. The maximum absolute atomic E-state index is 9.39. The number of piperidine rings is 1. The van der Waals surface area contributed by atoms with E-state index in [1.165, 1.54) is 6.42 Å². The summed E-state index contributed by atoms with van der Waals surface area (Å²) in [4.78, 5) is 2.09. The Morgan fingerprint density at radius 3 is 3.00 bits per heavy atom. The van der Waals surface area contributed by atoms with Gasteiger partial charge in [0, 0.05) is 0 Å². The van der Waals surface area contributed by atoms with Crippen molar-refractivity contribution in [2.75, 3.05) is 20.2 Å². The molecule has 1 atom stereocenters. The summed E-state index contributed by atoms with van der Waals surface area (Å²) in [7, 11) is 1.34. The highest BCUT2D eigenvalue weighted by Crippen LogP contribution is 2.17. The Hall–Kier alpha value is -0.475. The minimum atomic E-state index is -0.321. The van der Waals surface area contributed by atoms with Crippen LogP contribution in [0.1, 0.15) is 12.8 Å². The van der Waals surface area contributed by atoms with Gasteiger partial charge in [0.2, 0.25) is 0 Å². The van der Waals surface area contributed by atoms with Gasteiger partial charge in [-0.25, -0.2) is 0 Å². The Bertz CT molecular complexity index is 173. The minimum absolute atomic E-state index is 0.321. The molecule has 1 heterocycles. The predicted molar refractivity (Wildman–Crippen MR) is 54.3 cm³/mol. The van der Waals surface area contributed by atoms with Gasteiger partial charge in [0.25, 0.3) is 0 Å². The molecule has 4 heteroatoms. The highest BCUT2D eigenvalue weighted by molar-refractivity contribution is 6.45. The molecule has 74 valence electrons. The lowest BCUT2D eigenvalue weighted by Gasteiger charge is -2.31. The van der Waals surface area contributed by atoms with Gasteiger partial charge < -0.3 is 14.6 Å². The van der Waals surface area contributed by atoms with Crippen LogP contribution >= 0.6 is 0 Å². The predicted octanol–water partition coefficient (Wildman–Crippen LogP) is 0.969. The van der Waals surface area contributed by atoms with Gasteiger partial charge in [0.05, 0.1) is 13.4 Å². The molecule has 1 saturated heterocycles. The smallest absolute Gasteiger partial charge is 0.376 e. The first-order chi connectivity index (χ1) is 6.24. The Morgan fingerprint density at radius 2 is 2.38 bits per heavy atom. The van der Waals surface area contributed by atoms with Crippen molar-refractivity contribution in [3.05, 3.63) is 12.3 Å². The van der Waals surface area contributed by atoms with E-state index >= 15 is 0 Å². The lowest BCUT2D eigenvalue weighted by Crippen LogP contribution is -2.43. The van der Waals surface area contributed by atoms with Crippen LogP contribution in [-0.2, 0) is 4.74 Å². The maximum Gasteiger partial charge on any atom is 0.376 e. The highest BCUT2D eigenvalue weighted by Gasteiger charge is 2.23. The number of nitrogens with zero attached hydrogens (tertiary/aromatic N) is 1. The number of hydrogen-bond acceptors (Lipinski definition) is 3. The number of hydrogen-bond donors (Lipinski definition) is 1. The largest absolute Gasteiger partial charge is 0.505 e. The van der Waals surface area contributed by atoms with E-state index in [0.717, 1.165) is 19.5 Å². The van der Waals surface area contributed by atoms with Gasteiger partial charge in [-0.2, -0.15) is 0 Å². The normalized spacial score (nSPS) is 25.0. The van der Waals surface area contributed by atoms with Crippen LogP contribution in [0.15, 0.2) is 12.3 Å². The third kappa shape index (κ3) is 3.40. The van der Waals surface area contributed by atoms with E-state index in [-0.39, 0.29) is 7.05 Å². The molecule has 3 nitrogen and oxygen atoms in total. The monoisotopic (exact) mass is 183 g/mol. The standard InChI is InChI=1S/C9H18BNO2/c1-10(12)11-6-3-4-9(8-11)5-7-13-2/h5,7,9,12H,3-4,6,8H2,1-2H3/t9-/m0/s1. The molecule has 0 aromatic heterocycles. The van der Waals surface area contributed by atoms with E-state index in [2.05, 4.69) is 10.9 Å². The summed E-state index contributed by atoms with van der Waals surface area (Å²) in [6.07, 6.45) is 6.16. The van der Waals surface area contributed by atoms with Gasteiger partial charge in [-0.15, -0.1) is 0 Å². The Morgan fingerprint density at radius 1 is 1.62 bits per heavy atom. The Labute approximate surface area is 80.5 Å². The van der Waals surface area contributed by atoms with Crippen LogP contribution < -0.4 is 0 Å². The number of ether oxygens (including phenoxy) is 1. The summed E-state index contributed by atoms with van der Waals surface area (Å²) in [6, 6.07) is 0. The molecule has 0 bridgehead atoms. The van der Waals surface area contributed by atoms with E-state index in [9.17, 15) is 5.02 Å². The van der Waals surface area contributed by atoms with Gasteiger partial charge in [-0.05, 0) is 44.7 Å². The van der Waals surface area contributed by atoms with Gasteiger partial charge in [0.15, 0.2) is 0 Å². The fourth-order valence-electron chi connectivity index (χ4n) is 1.73. The third-order valence-electron chi connectivity index (χ3n) is 2.50. The number of rotatable bonds is 3. The summed E-state index contributed by atoms with van der Waals surface area (Å²) in [5.41, 5.74) is 0. The van der Waals surface area contributed by atoms with E-state index < -0.39 is 0 Å². The zero-order valence-corrected chi connectivity index (χ0v) is 8.44. The van der Waals surface area contributed by atoms with Crippen molar-refractivity contribution >= 4 is 7.05 Å². The highest BCUT2D eigenvalue weighted by atomic mass is 16.5. The van der Waals surface area contributed by atoms with Crippen molar-refractivity contribution < 1.29 is 9.76 Å². The topological polar surface area (TPSA) is 32.7 Å². The molecule has 1 fully saturated rings. The zero-order chi connectivity index (χ0) is 9.68. The van der Waals surface area contributed by atoms with Crippen molar-refractivity contribution in [2.24, 2.45) is 5.92 Å². The van der Waals surface area contributed by atoms with E-state index in [4.69, 9.17) is 4.74 Å². The average molecular weight is 183 g/mol. The van der Waals surface area contributed by atoms with Crippen LogP contribution in [-0.4, -0.2) is 37.1 Å². The van der Waals surface area contributed by atoms with Gasteiger partial charge >= 0.3 is 7.05 Å². The summed E-state index contributed by atoms with van der Waals surface area (Å²) in [6.45, 7) is 3.77. The summed E-state index contributed by atoms with van der Waals surface area (Å²) >= 11 is 0. The summed E-state index contributed by atoms with van der Waals surface area (Å²) in [5.74, 6) is 0.531. The van der Waals surface area contributed by atoms with Crippen molar-refractivity contribution in [1.29, 1.82) is 0 Å². The molecule has 0 aliphatic carbocycles. The zero-order valence-electron chi connectivity index (χ0n) is 8.44. The summed E-state index contributed by atoms with van der Waals surface area (Å²) in [5, 5.41) is 9.39. The first-order valence-corrected chi connectivity index (χ1v) is 4.85. The minimum Gasteiger partial charge on any atom is -0.505 e. The van der Waals surface area contributed by atoms with Crippen LogP contribution in [0, 0.1) is 5.92 Å². The maximum atomic E-state index is 9.39. The third-order valence-corrected chi connectivity index (χ3v) is 2.50. The van der Waals surface area contributed by atoms with Crippen molar-refractivity contribution in [3.63, 3.8) is 0 Å². The molecule has 0 amide bonds. The van der Waals surface area contributed by atoms with Crippen LogP contribution in [0.2, 0.25) is 6.82 Å². The molecule has 0 radical (unpaired) electrons. The van der Waals surface area contributed by atoms with Gasteiger partial charge in [-0.1, -0.05) is 0 Å². The number of methoxy groups -OCH3 is 1. The quantitative estimate of drug-likeness (QED) is 0.522. The molecule has 1 aliphatic heterocycles. The molecule has 1 aliphatic rings.